The van der Waals surface area contributed by atoms with Crippen LogP contribution in [0.5, 0.6) is 0 Å². The zero-order valence-electron chi connectivity index (χ0n) is 16.5. The van der Waals surface area contributed by atoms with E-state index >= 15 is 0 Å². The van der Waals surface area contributed by atoms with Gasteiger partial charge in [-0.3, -0.25) is 9.59 Å². The molecule has 1 fully saturated rings. The van der Waals surface area contributed by atoms with Crippen molar-refractivity contribution < 1.29 is 9.59 Å². The van der Waals surface area contributed by atoms with E-state index in [0.29, 0.717) is 10.0 Å². The molecular formula is C24H24Cl2N2O2. The van der Waals surface area contributed by atoms with E-state index in [4.69, 9.17) is 23.2 Å². The van der Waals surface area contributed by atoms with E-state index in [0.717, 1.165) is 36.8 Å². The second-order valence-electron chi connectivity index (χ2n) is 7.28. The van der Waals surface area contributed by atoms with Gasteiger partial charge >= 0.3 is 0 Å². The summed E-state index contributed by atoms with van der Waals surface area (Å²) in [5.74, 6) is -0.347. The summed E-state index contributed by atoms with van der Waals surface area (Å²) >= 11 is 11.8. The standard InChI is InChI=1S/C24H24Cl2N2O2/c25-19-11-5-17(6-12-19)9-15-23(29)27-21-3-1-2-4-22(21)28-24(30)16-10-18-7-13-20(26)14-8-18/h5-16,21-22H,1-4H2,(H,27,29)(H,28,30)/b15-9+,16-10+/t21-,22-/m0/s1. The molecule has 0 spiro atoms. The van der Waals surface area contributed by atoms with E-state index in [2.05, 4.69) is 10.6 Å². The van der Waals surface area contributed by atoms with Crippen molar-refractivity contribution in [1.29, 1.82) is 0 Å². The SMILES string of the molecule is O=C(/C=C/c1ccc(Cl)cc1)N[C@H]1CCCC[C@@H]1NC(=O)/C=C/c1ccc(Cl)cc1. The van der Waals surface area contributed by atoms with Gasteiger partial charge in [0.2, 0.25) is 11.8 Å². The molecule has 2 aromatic carbocycles. The van der Waals surface area contributed by atoms with E-state index in [-0.39, 0.29) is 23.9 Å². The molecule has 2 N–H and O–H groups in total. The van der Waals surface area contributed by atoms with Crippen LogP contribution in [0, 0.1) is 0 Å². The Balaban J connectivity index is 1.54. The van der Waals surface area contributed by atoms with Crippen LogP contribution in [0.1, 0.15) is 36.8 Å². The van der Waals surface area contributed by atoms with Gasteiger partial charge in [-0.1, -0.05) is 60.3 Å². The molecule has 0 bridgehead atoms. The molecule has 30 heavy (non-hydrogen) atoms. The molecular weight excluding hydrogens is 419 g/mol. The van der Waals surface area contributed by atoms with Crippen LogP contribution < -0.4 is 10.6 Å². The monoisotopic (exact) mass is 442 g/mol. The number of carbonyl (C=O) groups excluding carboxylic acids is 2. The highest BCUT2D eigenvalue weighted by atomic mass is 35.5. The van der Waals surface area contributed by atoms with Gasteiger partial charge in [-0.05, 0) is 60.4 Å². The molecule has 2 atom stereocenters. The van der Waals surface area contributed by atoms with Crippen molar-refractivity contribution in [1.82, 2.24) is 10.6 Å². The van der Waals surface area contributed by atoms with Crippen LogP contribution in [0.25, 0.3) is 12.2 Å². The first kappa shape index (κ1) is 22.1. The lowest BCUT2D eigenvalue weighted by atomic mass is 9.90. The summed E-state index contributed by atoms with van der Waals surface area (Å²) in [5, 5.41) is 7.37. The lowest BCUT2D eigenvalue weighted by Gasteiger charge is -2.32. The number of carbonyl (C=O) groups is 2. The lowest BCUT2D eigenvalue weighted by Crippen LogP contribution is -2.52. The second-order valence-corrected chi connectivity index (χ2v) is 8.16. The zero-order chi connectivity index (χ0) is 21.3. The van der Waals surface area contributed by atoms with Crippen molar-refractivity contribution in [3.8, 4) is 0 Å². The first-order valence-electron chi connectivity index (χ1n) is 9.98. The molecule has 0 aliphatic heterocycles. The maximum Gasteiger partial charge on any atom is 0.244 e. The molecule has 4 nitrogen and oxygen atoms in total. The summed E-state index contributed by atoms with van der Waals surface area (Å²) in [6.45, 7) is 0. The molecule has 2 aromatic rings. The van der Waals surface area contributed by atoms with Gasteiger partial charge in [-0.25, -0.2) is 0 Å². The average Bonchev–Trinajstić information content (AvgIpc) is 2.74. The normalized spacial score (nSPS) is 19.1. The first-order valence-corrected chi connectivity index (χ1v) is 10.7. The predicted octanol–water partition coefficient (Wildman–Crippen LogP) is 5.26. The highest BCUT2D eigenvalue weighted by Crippen LogP contribution is 2.19. The summed E-state index contributed by atoms with van der Waals surface area (Å²) < 4.78 is 0. The summed E-state index contributed by atoms with van der Waals surface area (Å²) in [5.41, 5.74) is 1.80. The largest absolute Gasteiger partial charge is 0.348 e. The lowest BCUT2D eigenvalue weighted by molar-refractivity contribution is -0.120. The van der Waals surface area contributed by atoms with Gasteiger partial charge < -0.3 is 10.6 Å². The van der Waals surface area contributed by atoms with Crippen molar-refractivity contribution in [3.05, 3.63) is 81.9 Å². The maximum atomic E-state index is 12.4. The van der Waals surface area contributed by atoms with Crippen LogP contribution in [0.2, 0.25) is 10.0 Å². The van der Waals surface area contributed by atoms with Crippen molar-refractivity contribution in [3.63, 3.8) is 0 Å². The van der Waals surface area contributed by atoms with Crippen LogP contribution >= 0.6 is 23.2 Å². The van der Waals surface area contributed by atoms with Crippen molar-refractivity contribution in [2.24, 2.45) is 0 Å². The third-order valence-electron chi connectivity index (χ3n) is 5.02. The van der Waals surface area contributed by atoms with Crippen LogP contribution in [0.3, 0.4) is 0 Å². The quantitative estimate of drug-likeness (QED) is 0.599. The third-order valence-corrected chi connectivity index (χ3v) is 5.52. The van der Waals surface area contributed by atoms with Crippen molar-refractivity contribution in [2.45, 2.75) is 37.8 Å². The van der Waals surface area contributed by atoms with Gasteiger partial charge in [0.25, 0.3) is 0 Å². The molecule has 0 radical (unpaired) electrons. The van der Waals surface area contributed by atoms with E-state index in [1.807, 2.05) is 24.3 Å². The molecule has 0 heterocycles. The molecule has 156 valence electrons. The number of hydrogen-bond donors (Lipinski definition) is 2. The first-order chi connectivity index (χ1) is 14.5. The fraction of sp³-hybridized carbons (Fsp3) is 0.250. The zero-order valence-corrected chi connectivity index (χ0v) is 18.0. The smallest absolute Gasteiger partial charge is 0.244 e. The number of hydrogen-bond acceptors (Lipinski definition) is 2. The molecule has 1 aliphatic carbocycles. The Labute approximate surface area is 187 Å². The summed E-state index contributed by atoms with van der Waals surface area (Å²) in [4.78, 5) is 24.7. The molecule has 1 aliphatic rings. The average molecular weight is 443 g/mol. The maximum absolute atomic E-state index is 12.4. The summed E-state index contributed by atoms with van der Waals surface area (Å²) in [7, 11) is 0. The Morgan fingerprint density at radius 1 is 0.700 bits per heavy atom. The van der Waals surface area contributed by atoms with Gasteiger partial charge in [0, 0.05) is 34.3 Å². The molecule has 2 amide bonds. The molecule has 1 saturated carbocycles. The Morgan fingerprint density at radius 3 is 1.43 bits per heavy atom. The molecule has 0 unspecified atom stereocenters. The predicted molar refractivity (Wildman–Crippen MR) is 123 cm³/mol. The summed E-state index contributed by atoms with van der Waals surface area (Å²) in [6, 6.07) is 14.3. The van der Waals surface area contributed by atoms with Crippen molar-refractivity contribution in [2.75, 3.05) is 0 Å². The van der Waals surface area contributed by atoms with Crippen LogP contribution in [-0.4, -0.2) is 23.9 Å². The Hall–Kier alpha value is -2.56. The number of nitrogens with one attached hydrogen (secondary N) is 2. The number of benzene rings is 2. The van der Waals surface area contributed by atoms with Gasteiger partial charge in [-0.2, -0.15) is 0 Å². The van der Waals surface area contributed by atoms with Gasteiger partial charge in [0.1, 0.15) is 0 Å². The molecule has 6 heteroatoms. The van der Waals surface area contributed by atoms with E-state index in [9.17, 15) is 9.59 Å². The van der Waals surface area contributed by atoms with Crippen molar-refractivity contribution >= 4 is 47.2 Å². The van der Waals surface area contributed by atoms with Crippen LogP contribution in [-0.2, 0) is 9.59 Å². The minimum atomic E-state index is -0.173. The van der Waals surface area contributed by atoms with Gasteiger partial charge in [0.15, 0.2) is 0 Å². The highest BCUT2D eigenvalue weighted by Gasteiger charge is 2.26. The van der Waals surface area contributed by atoms with Crippen LogP contribution in [0.4, 0.5) is 0 Å². The Bertz CT molecular complexity index is 844. The van der Waals surface area contributed by atoms with Crippen LogP contribution in [0.15, 0.2) is 60.7 Å². The summed E-state index contributed by atoms with van der Waals surface area (Å²) in [6.07, 6.45) is 10.2. The minimum absolute atomic E-state index is 0.0889. The minimum Gasteiger partial charge on any atom is -0.348 e. The number of rotatable bonds is 6. The number of amides is 2. The molecule has 0 saturated heterocycles. The Morgan fingerprint density at radius 2 is 1.07 bits per heavy atom. The topological polar surface area (TPSA) is 58.2 Å². The van der Waals surface area contributed by atoms with E-state index in [1.165, 1.54) is 12.2 Å². The highest BCUT2D eigenvalue weighted by molar-refractivity contribution is 6.30. The fourth-order valence-electron chi connectivity index (χ4n) is 3.43. The third kappa shape index (κ3) is 7.05. The van der Waals surface area contributed by atoms with Gasteiger partial charge in [-0.15, -0.1) is 0 Å². The van der Waals surface area contributed by atoms with Gasteiger partial charge in [0.05, 0.1) is 0 Å². The Kier molecular flexibility index (Phi) is 8.12. The second kappa shape index (κ2) is 11.0. The molecule has 3 rings (SSSR count). The fourth-order valence-corrected chi connectivity index (χ4v) is 3.68. The van der Waals surface area contributed by atoms with E-state index in [1.54, 1.807) is 36.4 Å². The number of halogens is 2. The van der Waals surface area contributed by atoms with E-state index < -0.39 is 0 Å². The molecule has 0 aromatic heterocycles.